The molecule has 1 aliphatic rings. The molecule has 4 aromatic rings. The van der Waals surface area contributed by atoms with Gasteiger partial charge in [-0.1, -0.05) is 42.9 Å². The Hall–Kier alpha value is -3.43. The van der Waals surface area contributed by atoms with E-state index in [1.54, 1.807) is 24.3 Å². The fourth-order valence-electron chi connectivity index (χ4n) is 3.88. The normalized spacial score (nSPS) is 15.5. The third-order valence-electron chi connectivity index (χ3n) is 5.48. The summed E-state index contributed by atoms with van der Waals surface area (Å²) in [4.78, 5) is 28.6. The lowest BCUT2D eigenvalue weighted by Gasteiger charge is -2.22. The number of phenolic OH excluding ortho intramolecular Hbond substituents is 1. The number of phenols is 1. The second kappa shape index (κ2) is 7.86. The Morgan fingerprint density at radius 1 is 1.18 bits per heavy atom. The quantitative estimate of drug-likeness (QED) is 0.440. The number of benzene rings is 2. The summed E-state index contributed by atoms with van der Waals surface area (Å²) in [5.41, 5.74) is 0.617. The smallest absolute Gasteiger partial charge is 0.297 e. The van der Waals surface area contributed by atoms with Crippen molar-refractivity contribution in [2.45, 2.75) is 25.8 Å². The second-order valence-corrected chi connectivity index (χ2v) is 9.33. The van der Waals surface area contributed by atoms with Crippen LogP contribution in [0.5, 0.6) is 11.5 Å². The number of methoxy groups -OCH3 is 1. The van der Waals surface area contributed by atoms with Crippen LogP contribution in [0.1, 0.15) is 52.5 Å². The number of carbonyl (C=O) groups is 1. The predicted molar refractivity (Wildman–Crippen MR) is 125 cm³/mol. The minimum Gasteiger partial charge on any atom is -0.504 e. The van der Waals surface area contributed by atoms with Crippen LogP contribution in [0.15, 0.2) is 45.6 Å². The van der Waals surface area contributed by atoms with Gasteiger partial charge < -0.3 is 14.3 Å². The molecule has 1 N–H and O–H groups in total. The zero-order valence-electron chi connectivity index (χ0n) is 17.8. The SMILES string of the molecule is COc1cc([C@@H]2c3c(oc4ccc(Cl)cc4c3=O)C(=O)N2c2nnc(C(C)C)s2)ccc1O. The van der Waals surface area contributed by atoms with E-state index in [4.69, 9.17) is 20.8 Å². The molecule has 0 unspecified atom stereocenters. The van der Waals surface area contributed by atoms with E-state index in [-0.39, 0.29) is 45.1 Å². The average molecular weight is 484 g/mol. The molecular weight excluding hydrogens is 466 g/mol. The van der Waals surface area contributed by atoms with Gasteiger partial charge in [-0.25, -0.2) is 0 Å². The van der Waals surface area contributed by atoms with Crippen molar-refractivity contribution in [3.63, 3.8) is 0 Å². The molecule has 0 saturated heterocycles. The molecule has 0 aliphatic carbocycles. The molecule has 3 heterocycles. The highest BCUT2D eigenvalue weighted by Crippen LogP contribution is 2.44. The molecule has 0 saturated carbocycles. The summed E-state index contributed by atoms with van der Waals surface area (Å²) >= 11 is 7.39. The van der Waals surface area contributed by atoms with Crippen LogP contribution in [-0.4, -0.2) is 28.3 Å². The third kappa shape index (κ3) is 3.35. The van der Waals surface area contributed by atoms with Crippen LogP contribution in [0, 0.1) is 0 Å². The van der Waals surface area contributed by atoms with Crippen molar-refractivity contribution in [3.05, 3.63) is 73.5 Å². The Balaban J connectivity index is 1.80. The molecule has 2 aromatic heterocycles. The van der Waals surface area contributed by atoms with Crippen LogP contribution in [0.4, 0.5) is 5.13 Å². The van der Waals surface area contributed by atoms with E-state index in [9.17, 15) is 14.7 Å². The first-order valence-corrected chi connectivity index (χ1v) is 11.3. The fourth-order valence-corrected chi connectivity index (χ4v) is 4.92. The molecule has 8 nitrogen and oxygen atoms in total. The van der Waals surface area contributed by atoms with E-state index in [0.29, 0.717) is 15.7 Å². The lowest BCUT2D eigenvalue weighted by atomic mass is 9.98. The Kier molecular flexibility index (Phi) is 5.10. The number of aromatic nitrogens is 2. The molecule has 33 heavy (non-hydrogen) atoms. The Morgan fingerprint density at radius 2 is 1.97 bits per heavy atom. The first kappa shape index (κ1) is 21.4. The summed E-state index contributed by atoms with van der Waals surface area (Å²) in [6.45, 7) is 3.96. The number of aromatic hydroxyl groups is 1. The summed E-state index contributed by atoms with van der Waals surface area (Å²) in [6, 6.07) is 8.49. The number of carbonyl (C=O) groups excluding carboxylic acids is 1. The summed E-state index contributed by atoms with van der Waals surface area (Å²) in [5, 5.41) is 20.3. The zero-order valence-corrected chi connectivity index (χ0v) is 19.4. The van der Waals surface area contributed by atoms with Gasteiger partial charge in [-0.15, -0.1) is 10.2 Å². The highest BCUT2D eigenvalue weighted by Gasteiger charge is 2.45. The highest BCUT2D eigenvalue weighted by atomic mass is 35.5. The molecule has 0 fully saturated rings. The van der Waals surface area contributed by atoms with E-state index in [1.807, 2.05) is 13.8 Å². The van der Waals surface area contributed by atoms with E-state index in [1.165, 1.54) is 35.5 Å². The number of ether oxygens (including phenoxy) is 1. The van der Waals surface area contributed by atoms with Gasteiger partial charge in [-0.05, 0) is 35.9 Å². The zero-order chi connectivity index (χ0) is 23.4. The van der Waals surface area contributed by atoms with Crippen LogP contribution in [0.2, 0.25) is 5.02 Å². The van der Waals surface area contributed by atoms with Crippen LogP contribution in [0.3, 0.4) is 0 Å². The minimum atomic E-state index is -0.852. The maximum absolute atomic E-state index is 13.6. The first-order chi connectivity index (χ1) is 15.8. The van der Waals surface area contributed by atoms with Gasteiger partial charge in [0.1, 0.15) is 10.6 Å². The van der Waals surface area contributed by atoms with E-state index in [0.717, 1.165) is 5.01 Å². The third-order valence-corrected chi connectivity index (χ3v) is 6.94. The average Bonchev–Trinajstić information content (AvgIpc) is 3.38. The maximum atomic E-state index is 13.6. The van der Waals surface area contributed by atoms with Crippen molar-refractivity contribution in [1.29, 1.82) is 0 Å². The molecular formula is C23H18ClN3O5S. The van der Waals surface area contributed by atoms with Gasteiger partial charge in [0.05, 0.1) is 24.1 Å². The van der Waals surface area contributed by atoms with E-state index >= 15 is 0 Å². The molecule has 1 atom stereocenters. The lowest BCUT2D eigenvalue weighted by molar-refractivity contribution is 0.0970. The molecule has 2 aromatic carbocycles. The molecule has 5 rings (SSSR count). The van der Waals surface area contributed by atoms with Crippen molar-refractivity contribution in [3.8, 4) is 11.5 Å². The van der Waals surface area contributed by atoms with Crippen molar-refractivity contribution >= 4 is 44.9 Å². The molecule has 10 heteroatoms. The Morgan fingerprint density at radius 3 is 2.67 bits per heavy atom. The van der Waals surface area contributed by atoms with Crippen molar-refractivity contribution in [1.82, 2.24) is 10.2 Å². The molecule has 0 radical (unpaired) electrons. The number of anilines is 1. The summed E-state index contributed by atoms with van der Waals surface area (Å²) in [7, 11) is 1.42. The number of amides is 1. The fraction of sp³-hybridized carbons (Fsp3) is 0.217. The van der Waals surface area contributed by atoms with Crippen LogP contribution >= 0.6 is 22.9 Å². The lowest BCUT2D eigenvalue weighted by Crippen LogP contribution is -2.29. The topological polar surface area (TPSA) is 106 Å². The molecule has 168 valence electrons. The van der Waals surface area contributed by atoms with E-state index < -0.39 is 11.9 Å². The monoisotopic (exact) mass is 483 g/mol. The minimum absolute atomic E-state index is 0.0619. The van der Waals surface area contributed by atoms with Crippen molar-refractivity contribution in [2.75, 3.05) is 12.0 Å². The van der Waals surface area contributed by atoms with Gasteiger partial charge in [-0.2, -0.15) is 0 Å². The highest BCUT2D eigenvalue weighted by molar-refractivity contribution is 7.15. The number of halogens is 1. The van der Waals surface area contributed by atoms with Crippen molar-refractivity contribution in [2.24, 2.45) is 0 Å². The van der Waals surface area contributed by atoms with Crippen LogP contribution < -0.4 is 15.1 Å². The van der Waals surface area contributed by atoms with Gasteiger partial charge in [0.25, 0.3) is 5.91 Å². The number of hydrogen-bond donors (Lipinski definition) is 1. The summed E-state index contributed by atoms with van der Waals surface area (Å²) in [6.07, 6.45) is 0. The molecule has 1 aliphatic heterocycles. The number of fused-ring (bicyclic) bond motifs is 2. The van der Waals surface area contributed by atoms with E-state index in [2.05, 4.69) is 10.2 Å². The second-order valence-electron chi connectivity index (χ2n) is 7.90. The number of nitrogens with zero attached hydrogens (tertiary/aromatic N) is 3. The van der Waals surface area contributed by atoms with Crippen LogP contribution in [-0.2, 0) is 0 Å². The van der Waals surface area contributed by atoms with Crippen LogP contribution in [0.25, 0.3) is 11.0 Å². The van der Waals surface area contributed by atoms with Gasteiger partial charge in [0.15, 0.2) is 16.9 Å². The number of hydrogen-bond acceptors (Lipinski definition) is 8. The molecule has 0 bridgehead atoms. The van der Waals surface area contributed by atoms with Gasteiger partial charge in [0, 0.05) is 10.9 Å². The molecule has 0 spiro atoms. The maximum Gasteiger partial charge on any atom is 0.297 e. The number of rotatable bonds is 4. The Bertz CT molecular complexity index is 1480. The largest absolute Gasteiger partial charge is 0.504 e. The van der Waals surface area contributed by atoms with Crippen molar-refractivity contribution < 1.29 is 19.1 Å². The summed E-state index contributed by atoms with van der Waals surface area (Å²) in [5.74, 6) is -0.293. The van der Waals surface area contributed by atoms with Gasteiger partial charge in [0.2, 0.25) is 10.9 Å². The van der Waals surface area contributed by atoms with Gasteiger partial charge in [-0.3, -0.25) is 14.5 Å². The summed E-state index contributed by atoms with van der Waals surface area (Å²) < 4.78 is 11.2. The predicted octanol–water partition coefficient (Wildman–Crippen LogP) is 4.89. The molecule has 1 amide bonds. The Labute approximate surface area is 197 Å². The first-order valence-electron chi connectivity index (χ1n) is 10.1. The standard InChI is InChI=1S/C23H18ClN3O5S/c1-10(2)21-25-26-23(33-21)27-18(11-4-6-14(28)16(8-11)31-3)17-19(29)13-9-12(24)5-7-15(13)32-20(17)22(27)30/h4-10,18,28H,1-3H3/t18-/m1/s1. The van der Waals surface area contributed by atoms with Gasteiger partial charge >= 0.3 is 0 Å².